The van der Waals surface area contributed by atoms with Gasteiger partial charge in [0, 0.05) is 11.5 Å². The van der Waals surface area contributed by atoms with Crippen molar-refractivity contribution in [3.63, 3.8) is 0 Å². The maximum Gasteiger partial charge on any atom is 0.123 e. The van der Waals surface area contributed by atoms with Crippen molar-refractivity contribution in [2.75, 3.05) is 6.54 Å². The quantitative estimate of drug-likeness (QED) is 0.797. The molecular formula is C17H22FNS. The van der Waals surface area contributed by atoms with Gasteiger partial charge in [-0.3, -0.25) is 0 Å². The SMILES string of the molecule is CCCNC(c1ccsc1)C(C)(C)c1ccc(F)cc1. The lowest BCUT2D eigenvalue weighted by molar-refractivity contribution is 0.348. The van der Waals surface area contributed by atoms with Crippen molar-refractivity contribution in [1.82, 2.24) is 5.32 Å². The van der Waals surface area contributed by atoms with Crippen molar-refractivity contribution in [2.24, 2.45) is 0 Å². The van der Waals surface area contributed by atoms with Crippen LogP contribution in [0.15, 0.2) is 41.1 Å². The molecule has 20 heavy (non-hydrogen) atoms. The first-order chi connectivity index (χ1) is 9.55. The molecule has 0 fully saturated rings. The summed E-state index contributed by atoms with van der Waals surface area (Å²) < 4.78 is 13.1. The number of hydrogen-bond donors (Lipinski definition) is 1. The van der Waals surface area contributed by atoms with E-state index in [2.05, 4.69) is 42.9 Å². The van der Waals surface area contributed by atoms with Crippen molar-refractivity contribution >= 4 is 11.3 Å². The summed E-state index contributed by atoms with van der Waals surface area (Å²) in [5, 5.41) is 7.94. The van der Waals surface area contributed by atoms with Gasteiger partial charge in [-0.05, 0) is 53.1 Å². The number of nitrogens with one attached hydrogen (secondary N) is 1. The average Bonchev–Trinajstić information content (AvgIpc) is 2.93. The molecule has 1 heterocycles. The minimum atomic E-state index is -0.182. The highest BCUT2D eigenvalue weighted by Gasteiger charge is 2.32. The molecule has 0 saturated carbocycles. The summed E-state index contributed by atoms with van der Waals surface area (Å²) in [6.45, 7) is 7.57. The normalized spacial score (nSPS) is 13.4. The summed E-state index contributed by atoms with van der Waals surface area (Å²) in [4.78, 5) is 0. The first-order valence-electron chi connectivity index (χ1n) is 7.07. The predicted molar refractivity (Wildman–Crippen MR) is 84.8 cm³/mol. The van der Waals surface area contributed by atoms with Crippen molar-refractivity contribution in [3.8, 4) is 0 Å². The standard InChI is InChI=1S/C17H22FNS/c1-4-10-19-16(13-9-11-20-12-13)17(2,3)14-5-7-15(18)8-6-14/h5-9,11-12,16,19H,4,10H2,1-3H3. The lowest BCUT2D eigenvalue weighted by Crippen LogP contribution is -2.37. The van der Waals surface area contributed by atoms with Crippen molar-refractivity contribution in [2.45, 2.75) is 38.6 Å². The highest BCUT2D eigenvalue weighted by atomic mass is 32.1. The Morgan fingerprint density at radius 1 is 1.20 bits per heavy atom. The van der Waals surface area contributed by atoms with Crippen molar-refractivity contribution < 1.29 is 4.39 Å². The van der Waals surface area contributed by atoms with Crippen LogP contribution in [0.1, 0.15) is 44.4 Å². The zero-order valence-corrected chi connectivity index (χ0v) is 13.1. The van der Waals surface area contributed by atoms with Crippen LogP contribution in [-0.4, -0.2) is 6.54 Å². The van der Waals surface area contributed by atoms with Crippen LogP contribution in [0.25, 0.3) is 0 Å². The Morgan fingerprint density at radius 3 is 2.45 bits per heavy atom. The van der Waals surface area contributed by atoms with Gasteiger partial charge in [0.05, 0.1) is 0 Å². The highest BCUT2D eigenvalue weighted by molar-refractivity contribution is 7.07. The monoisotopic (exact) mass is 291 g/mol. The molecule has 1 aromatic heterocycles. The third kappa shape index (κ3) is 3.28. The van der Waals surface area contributed by atoms with E-state index in [1.165, 1.54) is 5.56 Å². The molecule has 0 radical (unpaired) electrons. The summed E-state index contributed by atoms with van der Waals surface area (Å²) >= 11 is 1.72. The van der Waals surface area contributed by atoms with E-state index in [1.807, 2.05) is 12.1 Å². The smallest absolute Gasteiger partial charge is 0.123 e. The molecule has 0 saturated heterocycles. The van der Waals surface area contributed by atoms with E-state index >= 15 is 0 Å². The zero-order chi connectivity index (χ0) is 14.6. The first-order valence-corrected chi connectivity index (χ1v) is 8.01. The third-order valence-corrected chi connectivity index (χ3v) is 4.49. The van der Waals surface area contributed by atoms with E-state index in [0.717, 1.165) is 18.5 Å². The van der Waals surface area contributed by atoms with Crippen LogP contribution < -0.4 is 5.32 Å². The third-order valence-electron chi connectivity index (χ3n) is 3.78. The summed E-state index contributed by atoms with van der Waals surface area (Å²) in [6, 6.07) is 9.27. The van der Waals surface area contributed by atoms with E-state index < -0.39 is 0 Å². The first kappa shape index (κ1) is 15.2. The van der Waals surface area contributed by atoms with Gasteiger partial charge in [0.25, 0.3) is 0 Å². The Hall–Kier alpha value is -1.19. The second-order valence-corrected chi connectivity index (χ2v) is 6.45. The Morgan fingerprint density at radius 2 is 1.90 bits per heavy atom. The number of halogens is 1. The Kier molecular flexibility index (Phi) is 4.95. The molecule has 0 bridgehead atoms. The summed E-state index contributed by atoms with van der Waals surface area (Å²) in [5.74, 6) is -0.182. The van der Waals surface area contributed by atoms with E-state index in [4.69, 9.17) is 0 Å². The fourth-order valence-corrected chi connectivity index (χ4v) is 3.25. The minimum Gasteiger partial charge on any atom is -0.309 e. The van der Waals surface area contributed by atoms with Crippen LogP contribution in [0.5, 0.6) is 0 Å². The number of benzene rings is 1. The van der Waals surface area contributed by atoms with Crippen LogP contribution >= 0.6 is 11.3 Å². The van der Waals surface area contributed by atoms with Gasteiger partial charge in [0.15, 0.2) is 0 Å². The van der Waals surface area contributed by atoms with Crippen LogP contribution in [0.2, 0.25) is 0 Å². The highest BCUT2D eigenvalue weighted by Crippen LogP contribution is 2.37. The van der Waals surface area contributed by atoms with Crippen molar-refractivity contribution in [3.05, 3.63) is 58.0 Å². The molecule has 0 amide bonds. The fraction of sp³-hybridized carbons (Fsp3) is 0.412. The van der Waals surface area contributed by atoms with Crippen LogP contribution in [0.4, 0.5) is 4.39 Å². The molecule has 2 aromatic rings. The Labute approximate surface area is 124 Å². The van der Waals surface area contributed by atoms with E-state index in [-0.39, 0.29) is 17.3 Å². The van der Waals surface area contributed by atoms with Gasteiger partial charge in [-0.15, -0.1) is 0 Å². The molecule has 1 unspecified atom stereocenters. The van der Waals surface area contributed by atoms with E-state index in [0.29, 0.717) is 0 Å². The topological polar surface area (TPSA) is 12.0 Å². The fourth-order valence-electron chi connectivity index (χ4n) is 2.56. The molecule has 0 aliphatic carbocycles. The maximum atomic E-state index is 13.1. The zero-order valence-electron chi connectivity index (χ0n) is 12.3. The summed E-state index contributed by atoms with van der Waals surface area (Å²) in [7, 11) is 0. The number of rotatable bonds is 6. The van der Waals surface area contributed by atoms with Gasteiger partial charge in [-0.2, -0.15) is 11.3 Å². The number of thiophene rings is 1. The van der Waals surface area contributed by atoms with Gasteiger partial charge in [0.1, 0.15) is 5.82 Å². The molecule has 0 aliphatic heterocycles. The molecule has 1 N–H and O–H groups in total. The molecule has 1 aromatic carbocycles. The second kappa shape index (κ2) is 6.51. The molecule has 1 atom stereocenters. The minimum absolute atomic E-state index is 0.0933. The average molecular weight is 291 g/mol. The summed E-state index contributed by atoms with van der Waals surface area (Å²) in [6.07, 6.45) is 1.10. The van der Waals surface area contributed by atoms with Gasteiger partial charge >= 0.3 is 0 Å². The Balaban J connectivity index is 2.32. The predicted octanol–water partition coefficient (Wildman–Crippen LogP) is 4.91. The number of hydrogen-bond acceptors (Lipinski definition) is 2. The molecule has 1 nitrogen and oxygen atoms in total. The van der Waals surface area contributed by atoms with Gasteiger partial charge in [-0.25, -0.2) is 4.39 Å². The maximum absolute atomic E-state index is 13.1. The van der Waals surface area contributed by atoms with Gasteiger partial charge in [-0.1, -0.05) is 32.9 Å². The van der Waals surface area contributed by atoms with Crippen LogP contribution in [0.3, 0.4) is 0 Å². The van der Waals surface area contributed by atoms with Crippen LogP contribution in [0, 0.1) is 5.82 Å². The molecular weight excluding hydrogens is 269 g/mol. The lowest BCUT2D eigenvalue weighted by atomic mass is 9.75. The molecule has 0 spiro atoms. The van der Waals surface area contributed by atoms with Gasteiger partial charge in [0.2, 0.25) is 0 Å². The molecule has 108 valence electrons. The largest absolute Gasteiger partial charge is 0.309 e. The van der Waals surface area contributed by atoms with E-state index in [1.54, 1.807) is 23.5 Å². The second-order valence-electron chi connectivity index (χ2n) is 5.67. The van der Waals surface area contributed by atoms with Crippen molar-refractivity contribution in [1.29, 1.82) is 0 Å². The Bertz CT molecular complexity index is 516. The van der Waals surface area contributed by atoms with E-state index in [9.17, 15) is 4.39 Å². The molecule has 3 heteroatoms. The molecule has 2 rings (SSSR count). The van der Waals surface area contributed by atoms with Crippen LogP contribution in [-0.2, 0) is 5.41 Å². The molecule has 0 aliphatic rings. The summed E-state index contributed by atoms with van der Waals surface area (Å²) in [5.41, 5.74) is 2.36. The lowest BCUT2D eigenvalue weighted by Gasteiger charge is -2.35. The van der Waals surface area contributed by atoms with Gasteiger partial charge < -0.3 is 5.32 Å².